The molecule has 0 aliphatic heterocycles. The highest BCUT2D eigenvalue weighted by atomic mass is 15.1. The molecule has 3 aromatic rings. The lowest BCUT2D eigenvalue weighted by Crippen LogP contribution is -2.29. The van der Waals surface area contributed by atoms with Crippen molar-refractivity contribution in [2.45, 2.75) is 58.9 Å². The smallest absolute Gasteiger partial charge is 0.137 e. The summed E-state index contributed by atoms with van der Waals surface area (Å²) in [7, 11) is 0. The number of imidazole rings is 1. The van der Waals surface area contributed by atoms with E-state index in [0.29, 0.717) is 12.5 Å². The minimum Gasteiger partial charge on any atom is -0.370 e. The number of aromatic nitrogens is 5. The molecule has 0 saturated carbocycles. The van der Waals surface area contributed by atoms with Crippen molar-refractivity contribution in [3.05, 3.63) is 60.3 Å². The summed E-state index contributed by atoms with van der Waals surface area (Å²) < 4.78 is 2.03. The Balaban J connectivity index is 2.00. The van der Waals surface area contributed by atoms with Crippen molar-refractivity contribution in [1.82, 2.24) is 24.6 Å². The largest absolute Gasteiger partial charge is 0.370 e. The molecule has 33 heavy (non-hydrogen) atoms. The predicted molar refractivity (Wildman–Crippen MR) is 136 cm³/mol. The van der Waals surface area contributed by atoms with E-state index >= 15 is 0 Å². The van der Waals surface area contributed by atoms with E-state index in [0.717, 1.165) is 47.9 Å². The van der Waals surface area contributed by atoms with Crippen molar-refractivity contribution in [2.24, 2.45) is 11.7 Å². The van der Waals surface area contributed by atoms with Crippen LogP contribution in [0.2, 0.25) is 0 Å². The first-order valence-corrected chi connectivity index (χ1v) is 11.8. The average molecular weight is 451 g/mol. The number of hydrogen-bond donors (Lipinski definition) is 4. The highest BCUT2D eigenvalue weighted by molar-refractivity contribution is 5.51. The number of nitrogens with one attached hydrogen (secondary N) is 3. The fraction of sp³-hybridized carbons (Fsp3) is 0.480. The number of H-pyrrole nitrogens is 1. The molecule has 0 saturated heterocycles. The second-order valence-corrected chi connectivity index (χ2v) is 9.25. The molecule has 178 valence electrons. The first-order valence-electron chi connectivity index (χ1n) is 11.8. The number of aromatic amines is 1. The van der Waals surface area contributed by atoms with Gasteiger partial charge in [0.25, 0.3) is 0 Å². The Morgan fingerprint density at radius 2 is 2.00 bits per heavy atom. The summed E-state index contributed by atoms with van der Waals surface area (Å²) >= 11 is 0. The van der Waals surface area contributed by atoms with Crippen molar-refractivity contribution < 1.29 is 0 Å². The summed E-state index contributed by atoms with van der Waals surface area (Å²) in [5.41, 5.74) is 8.19. The van der Waals surface area contributed by atoms with Gasteiger partial charge in [-0.2, -0.15) is 5.10 Å². The maximum Gasteiger partial charge on any atom is 0.137 e. The maximum absolute atomic E-state index is 5.78. The number of anilines is 2. The summed E-state index contributed by atoms with van der Waals surface area (Å²) in [6, 6.07) is 7.92. The first-order chi connectivity index (χ1) is 15.8. The maximum atomic E-state index is 5.78. The van der Waals surface area contributed by atoms with Crippen LogP contribution < -0.4 is 16.4 Å². The number of rotatable bonds is 10. The van der Waals surface area contributed by atoms with Gasteiger partial charge in [-0.15, -0.1) is 0 Å². The molecule has 0 aliphatic rings. The minimum atomic E-state index is -0.458. The molecule has 8 heteroatoms. The zero-order chi connectivity index (χ0) is 23.8. The van der Waals surface area contributed by atoms with Crippen LogP contribution in [-0.4, -0.2) is 37.7 Å². The summed E-state index contributed by atoms with van der Waals surface area (Å²) in [6.07, 6.45) is 9.76. The summed E-state index contributed by atoms with van der Waals surface area (Å²) in [4.78, 5) is 9.85. The van der Waals surface area contributed by atoms with Crippen molar-refractivity contribution in [2.75, 3.05) is 23.7 Å². The molecular weight excluding hydrogens is 412 g/mol. The van der Waals surface area contributed by atoms with E-state index in [-0.39, 0.29) is 5.92 Å². The molecule has 1 unspecified atom stereocenters. The van der Waals surface area contributed by atoms with Crippen LogP contribution in [0, 0.1) is 5.92 Å². The normalized spacial score (nSPS) is 12.6. The van der Waals surface area contributed by atoms with Gasteiger partial charge in [0.05, 0.1) is 17.4 Å². The SMILES string of the molecule is CCC(CCN)CNc1cc[nH]ncc(C(C)C)c(NC(C)(C)c2cn3ccccc3n2)n1. The minimum absolute atomic E-state index is 0.221. The number of hydrogen-bond acceptors (Lipinski definition) is 6. The molecular formula is C25H38N8. The third kappa shape index (κ3) is 6.44. The lowest BCUT2D eigenvalue weighted by Gasteiger charge is -2.26. The summed E-state index contributed by atoms with van der Waals surface area (Å²) in [5.74, 6) is 2.27. The number of fused-ring (bicyclic) bond motifs is 1. The number of pyridine rings is 1. The van der Waals surface area contributed by atoms with E-state index in [1.54, 1.807) is 6.20 Å². The second kappa shape index (κ2) is 11.1. The molecule has 0 amide bonds. The molecule has 3 aromatic heterocycles. The van der Waals surface area contributed by atoms with Gasteiger partial charge >= 0.3 is 0 Å². The van der Waals surface area contributed by atoms with Gasteiger partial charge in [0.1, 0.15) is 17.3 Å². The zero-order valence-electron chi connectivity index (χ0n) is 20.5. The van der Waals surface area contributed by atoms with Gasteiger partial charge in [-0.25, -0.2) is 9.97 Å². The van der Waals surface area contributed by atoms with E-state index in [4.69, 9.17) is 15.7 Å². The summed E-state index contributed by atoms with van der Waals surface area (Å²) in [6.45, 7) is 12.2. The number of nitrogens with zero attached hydrogens (tertiary/aromatic N) is 4. The van der Waals surface area contributed by atoms with Gasteiger partial charge in [0.15, 0.2) is 0 Å². The van der Waals surface area contributed by atoms with Crippen LogP contribution in [0.15, 0.2) is 49.1 Å². The van der Waals surface area contributed by atoms with Gasteiger partial charge in [0, 0.05) is 30.7 Å². The average Bonchev–Trinajstić information content (AvgIpc) is 3.25. The topological polar surface area (TPSA) is 109 Å². The Morgan fingerprint density at radius 1 is 1.18 bits per heavy atom. The monoisotopic (exact) mass is 450 g/mol. The van der Waals surface area contributed by atoms with Gasteiger partial charge in [-0.1, -0.05) is 33.3 Å². The third-order valence-corrected chi connectivity index (χ3v) is 5.88. The number of nitrogens with two attached hydrogens (primary N) is 1. The Bertz CT molecular complexity index is 1050. The zero-order valence-corrected chi connectivity index (χ0v) is 20.5. The van der Waals surface area contributed by atoms with Crippen LogP contribution in [0.4, 0.5) is 11.6 Å². The lowest BCUT2D eigenvalue weighted by molar-refractivity contribution is 0.501. The molecule has 0 radical (unpaired) electrons. The summed E-state index contributed by atoms with van der Waals surface area (Å²) in [5, 5.41) is 14.5. The van der Waals surface area contributed by atoms with E-state index in [9.17, 15) is 0 Å². The molecule has 0 fully saturated rings. The molecule has 5 N–H and O–H groups in total. The molecule has 1 atom stereocenters. The van der Waals surface area contributed by atoms with Gasteiger partial charge in [-0.3, -0.25) is 5.10 Å². The molecule has 0 spiro atoms. The van der Waals surface area contributed by atoms with Crippen molar-refractivity contribution in [3.63, 3.8) is 0 Å². The molecule has 0 aromatic carbocycles. The van der Waals surface area contributed by atoms with Crippen molar-refractivity contribution in [3.8, 4) is 0 Å². The van der Waals surface area contributed by atoms with Crippen LogP contribution in [0.25, 0.3) is 5.65 Å². The van der Waals surface area contributed by atoms with Gasteiger partial charge in [-0.05, 0) is 56.8 Å². The molecule has 0 aliphatic carbocycles. The fourth-order valence-electron chi connectivity index (χ4n) is 3.70. The van der Waals surface area contributed by atoms with Gasteiger partial charge < -0.3 is 20.8 Å². The predicted octanol–water partition coefficient (Wildman–Crippen LogP) is 4.83. The molecule has 3 heterocycles. The molecule has 8 nitrogen and oxygen atoms in total. The van der Waals surface area contributed by atoms with E-state index in [2.05, 4.69) is 61.6 Å². The lowest BCUT2D eigenvalue weighted by atomic mass is 9.99. The van der Waals surface area contributed by atoms with Crippen molar-refractivity contribution >= 4 is 17.3 Å². The highest BCUT2D eigenvalue weighted by Gasteiger charge is 2.26. The van der Waals surface area contributed by atoms with Gasteiger partial charge in [0.2, 0.25) is 0 Å². The fourth-order valence-corrected chi connectivity index (χ4v) is 3.70. The van der Waals surface area contributed by atoms with Crippen LogP contribution in [0.1, 0.15) is 64.6 Å². The van der Waals surface area contributed by atoms with E-state index in [1.807, 2.05) is 41.1 Å². The molecule has 3 rings (SSSR count). The van der Waals surface area contributed by atoms with Crippen LogP contribution >= 0.6 is 0 Å². The third-order valence-electron chi connectivity index (χ3n) is 5.88. The Kier molecular flexibility index (Phi) is 8.27. The van der Waals surface area contributed by atoms with E-state index < -0.39 is 5.54 Å². The molecule has 0 bridgehead atoms. The first kappa shape index (κ1) is 24.5. The Labute approximate surface area is 196 Å². The van der Waals surface area contributed by atoms with Crippen LogP contribution in [0.5, 0.6) is 0 Å². The van der Waals surface area contributed by atoms with Crippen molar-refractivity contribution in [1.29, 1.82) is 0 Å². The quantitative estimate of drug-likeness (QED) is 0.352. The Morgan fingerprint density at radius 3 is 2.70 bits per heavy atom. The Hall–Kier alpha value is -3.13. The van der Waals surface area contributed by atoms with Crippen LogP contribution in [-0.2, 0) is 5.54 Å². The highest BCUT2D eigenvalue weighted by Crippen LogP contribution is 2.29. The standard InChI is InChI=1S/C25H38N8/c1-6-19(10-12-26)15-27-22-11-13-28-29-16-20(18(2)3)24(31-22)32-25(4,5)21-17-33-14-8-7-9-23(33)30-21/h7-9,11,13-14,16-19,28,32H,6,10,12,15,26H2,1-5H3,(H,27,31). The second-order valence-electron chi connectivity index (χ2n) is 9.25. The van der Waals surface area contributed by atoms with Crippen LogP contribution in [0.3, 0.4) is 0 Å². The van der Waals surface area contributed by atoms with E-state index in [1.165, 1.54) is 0 Å².